The number of rotatable bonds is 14. The van der Waals surface area contributed by atoms with E-state index in [9.17, 15) is 14.4 Å². The summed E-state index contributed by atoms with van der Waals surface area (Å²) in [5.41, 5.74) is -0.0631. The number of carbonyl (C=O) groups is 3. The molecule has 0 aliphatic carbocycles. The standard InChI is InChI=1S/C29H38N2O6/c1-3-16-30(20-21-12-8-7-9-13-21)27(34)25-29-15-14-22(37-29)23(28(35)36-19-4-2)24(29)26(33)31(25)17-10-5-6-11-18-32/h3-4,7-9,12-13,22-25,32H,1-2,5-6,10-11,14-20H2/t22-,23+,24+,25?,29?/m1/s1. The van der Waals surface area contributed by atoms with E-state index in [-0.39, 0.29) is 25.0 Å². The van der Waals surface area contributed by atoms with E-state index in [1.807, 2.05) is 30.3 Å². The lowest BCUT2D eigenvalue weighted by Gasteiger charge is -2.37. The average Bonchev–Trinajstić information content (AvgIpc) is 3.54. The number of fused-ring (bicyclic) bond motifs is 1. The fraction of sp³-hybridized carbons (Fsp3) is 0.552. The number of nitrogens with zero attached hydrogens (tertiary/aromatic N) is 2. The minimum Gasteiger partial charge on any atom is -0.461 e. The summed E-state index contributed by atoms with van der Waals surface area (Å²) in [5.74, 6) is -2.32. The van der Waals surface area contributed by atoms with Crippen LogP contribution < -0.4 is 0 Å². The van der Waals surface area contributed by atoms with Crippen LogP contribution >= 0.6 is 0 Å². The normalized spacial score (nSPS) is 27.7. The van der Waals surface area contributed by atoms with E-state index >= 15 is 0 Å². The van der Waals surface area contributed by atoms with Gasteiger partial charge in [0.05, 0.1) is 17.9 Å². The molecule has 5 atom stereocenters. The molecule has 4 rings (SSSR count). The van der Waals surface area contributed by atoms with E-state index < -0.39 is 35.6 Å². The molecule has 8 heteroatoms. The molecule has 37 heavy (non-hydrogen) atoms. The van der Waals surface area contributed by atoms with Gasteiger partial charge in [0.1, 0.15) is 18.2 Å². The Morgan fingerprint density at radius 3 is 2.62 bits per heavy atom. The highest BCUT2D eigenvalue weighted by Gasteiger charge is 2.75. The lowest BCUT2D eigenvalue weighted by Crippen LogP contribution is -2.56. The topological polar surface area (TPSA) is 96.4 Å². The van der Waals surface area contributed by atoms with Crippen molar-refractivity contribution in [2.24, 2.45) is 11.8 Å². The monoisotopic (exact) mass is 510 g/mol. The lowest BCUT2D eigenvalue weighted by atomic mass is 9.70. The summed E-state index contributed by atoms with van der Waals surface area (Å²) in [6.07, 6.45) is 6.98. The van der Waals surface area contributed by atoms with Crippen LogP contribution in [0.25, 0.3) is 0 Å². The first kappa shape index (κ1) is 27.1. The molecule has 1 aromatic rings. The second-order valence-corrected chi connectivity index (χ2v) is 10.1. The Morgan fingerprint density at radius 1 is 1.16 bits per heavy atom. The van der Waals surface area contributed by atoms with Crippen LogP contribution in [0, 0.1) is 11.8 Å². The lowest BCUT2D eigenvalue weighted by molar-refractivity contribution is -0.154. The first-order valence-corrected chi connectivity index (χ1v) is 13.3. The smallest absolute Gasteiger partial charge is 0.312 e. The Balaban J connectivity index is 1.64. The van der Waals surface area contributed by atoms with Gasteiger partial charge in [-0.05, 0) is 31.2 Å². The summed E-state index contributed by atoms with van der Waals surface area (Å²) in [5, 5.41) is 9.10. The number of aliphatic hydroxyl groups is 1. The number of hydrogen-bond donors (Lipinski definition) is 1. The minimum atomic E-state index is -1.04. The van der Waals surface area contributed by atoms with Gasteiger partial charge < -0.3 is 24.4 Å². The molecule has 0 aromatic heterocycles. The summed E-state index contributed by atoms with van der Waals surface area (Å²) < 4.78 is 11.8. The number of carbonyl (C=O) groups excluding carboxylic acids is 3. The van der Waals surface area contributed by atoms with Gasteiger partial charge in [0.25, 0.3) is 0 Å². The van der Waals surface area contributed by atoms with Crippen molar-refractivity contribution < 1.29 is 29.0 Å². The van der Waals surface area contributed by atoms with Crippen LogP contribution in [0.15, 0.2) is 55.6 Å². The Hall–Kier alpha value is -2.97. The van der Waals surface area contributed by atoms with Gasteiger partial charge in [0.15, 0.2) is 0 Å². The van der Waals surface area contributed by atoms with Crippen LogP contribution in [0.1, 0.15) is 44.1 Å². The zero-order chi connectivity index (χ0) is 26.4. The number of ether oxygens (including phenoxy) is 2. The van der Waals surface area contributed by atoms with Crippen LogP contribution in [0.5, 0.6) is 0 Å². The third-order valence-corrected chi connectivity index (χ3v) is 7.83. The van der Waals surface area contributed by atoms with Crippen molar-refractivity contribution in [2.75, 3.05) is 26.3 Å². The molecule has 3 heterocycles. The Bertz CT molecular complexity index is 997. The van der Waals surface area contributed by atoms with Crippen molar-refractivity contribution in [2.45, 2.75) is 62.8 Å². The van der Waals surface area contributed by atoms with E-state index in [1.54, 1.807) is 15.9 Å². The number of hydrogen-bond acceptors (Lipinski definition) is 6. The van der Waals surface area contributed by atoms with Gasteiger partial charge in [-0.2, -0.15) is 0 Å². The molecule has 0 saturated carbocycles. The van der Waals surface area contributed by atoms with Crippen molar-refractivity contribution in [3.8, 4) is 0 Å². The summed E-state index contributed by atoms with van der Waals surface area (Å²) in [6, 6.07) is 8.91. The van der Waals surface area contributed by atoms with Crippen LogP contribution in [-0.4, -0.2) is 76.7 Å². The second kappa shape index (κ2) is 12.0. The predicted octanol–water partition coefficient (Wildman–Crippen LogP) is 2.86. The van der Waals surface area contributed by atoms with E-state index in [1.165, 1.54) is 6.08 Å². The van der Waals surface area contributed by atoms with E-state index in [2.05, 4.69) is 13.2 Å². The Labute approximate surface area is 218 Å². The van der Waals surface area contributed by atoms with E-state index in [0.717, 1.165) is 18.4 Å². The predicted molar refractivity (Wildman–Crippen MR) is 138 cm³/mol. The average molecular weight is 511 g/mol. The van der Waals surface area contributed by atoms with Gasteiger partial charge in [0.2, 0.25) is 11.8 Å². The molecule has 0 radical (unpaired) electrons. The third kappa shape index (κ3) is 5.22. The number of aliphatic hydroxyl groups excluding tert-OH is 1. The van der Waals surface area contributed by atoms with Crippen LogP contribution in [0.2, 0.25) is 0 Å². The van der Waals surface area contributed by atoms with Gasteiger partial charge in [-0.3, -0.25) is 14.4 Å². The summed E-state index contributed by atoms with van der Waals surface area (Å²) in [4.78, 5) is 44.6. The number of benzene rings is 1. The largest absolute Gasteiger partial charge is 0.461 e. The Kier molecular flexibility index (Phi) is 8.82. The highest BCUT2D eigenvalue weighted by atomic mass is 16.6. The number of likely N-dealkylation sites (tertiary alicyclic amines) is 1. The number of amides is 2. The molecular weight excluding hydrogens is 472 g/mol. The molecule has 8 nitrogen and oxygen atoms in total. The number of unbranched alkanes of at least 4 members (excludes halogenated alkanes) is 3. The molecule has 2 unspecified atom stereocenters. The fourth-order valence-corrected chi connectivity index (χ4v) is 6.29. The summed E-state index contributed by atoms with van der Waals surface area (Å²) >= 11 is 0. The highest BCUT2D eigenvalue weighted by molar-refractivity contribution is 5.98. The first-order chi connectivity index (χ1) is 18.0. The SMILES string of the molecule is C=CCOC(=O)[C@@H]1[C@H]2C(=O)N(CCCCCCO)C(C(=O)N(CC=C)Cc3ccccc3)C23CC[C@H]1O3. The molecule has 2 amide bonds. The zero-order valence-electron chi connectivity index (χ0n) is 21.4. The quantitative estimate of drug-likeness (QED) is 0.235. The first-order valence-electron chi connectivity index (χ1n) is 13.3. The van der Waals surface area contributed by atoms with E-state index in [0.29, 0.717) is 45.3 Å². The molecule has 1 aromatic carbocycles. The molecule has 3 fully saturated rings. The summed E-state index contributed by atoms with van der Waals surface area (Å²) in [6.45, 7) is 8.76. The maximum Gasteiger partial charge on any atom is 0.312 e. The molecular formula is C29H38N2O6. The molecule has 2 bridgehead atoms. The van der Waals surface area contributed by atoms with Gasteiger partial charge >= 0.3 is 5.97 Å². The van der Waals surface area contributed by atoms with Crippen molar-refractivity contribution in [1.82, 2.24) is 9.80 Å². The minimum absolute atomic E-state index is 0.0666. The number of esters is 1. The molecule has 1 N–H and O–H groups in total. The zero-order valence-corrected chi connectivity index (χ0v) is 21.4. The van der Waals surface area contributed by atoms with Gasteiger partial charge in [0, 0.05) is 26.2 Å². The van der Waals surface area contributed by atoms with Gasteiger partial charge in [-0.15, -0.1) is 6.58 Å². The van der Waals surface area contributed by atoms with Crippen LogP contribution in [-0.2, 0) is 30.4 Å². The molecule has 3 saturated heterocycles. The molecule has 1 spiro atoms. The maximum absolute atomic E-state index is 14.2. The molecule has 3 aliphatic heterocycles. The second-order valence-electron chi connectivity index (χ2n) is 10.1. The maximum atomic E-state index is 14.2. The van der Waals surface area contributed by atoms with Crippen molar-refractivity contribution in [1.29, 1.82) is 0 Å². The summed E-state index contributed by atoms with van der Waals surface area (Å²) in [7, 11) is 0. The van der Waals surface area contributed by atoms with Crippen molar-refractivity contribution in [3.05, 3.63) is 61.2 Å². The Morgan fingerprint density at radius 2 is 1.92 bits per heavy atom. The fourth-order valence-electron chi connectivity index (χ4n) is 6.29. The molecule has 200 valence electrons. The highest BCUT2D eigenvalue weighted by Crippen LogP contribution is 2.58. The van der Waals surface area contributed by atoms with Crippen molar-refractivity contribution in [3.63, 3.8) is 0 Å². The van der Waals surface area contributed by atoms with Crippen LogP contribution in [0.3, 0.4) is 0 Å². The van der Waals surface area contributed by atoms with Gasteiger partial charge in [-0.25, -0.2) is 0 Å². The van der Waals surface area contributed by atoms with Gasteiger partial charge in [-0.1, -0.05) is 61.9 Å². The van der Waals surface area contributed by atoms with E-state index in [4.69, 9.17) is 14.6 Å². The molecule has 3 aliphatic rings. The third-order valence-electron chi connectivity index (χ3n) is 7.83. The van der Waals surface area contributed by atoms with Crippen LogP contribution in [0.4, 0.5) is 0 Å². The van der Waals surface area contributed by atoms with Crippen molar-refractivity contribution >= 4 is 17.8 Å².